The molecule has 1 aromatic carbocycles. The summed E-state index contributed by atoms with van der Waals surface area (Å²) in [6.07, 6.45) is 1.76. The van der Waals surface area contributed by atoms with E-state index in [4.69, 9.17) is 10.5 Å². The standard InChI is InChI=1S/C14H22N2O2/c1-2-18-14-6-5-12(15)8-11(14)9-16-7-3-4-13(17)10-16/h5-6,8,13,17H,2-4,7,9-10,15H2,1H3. The molecule has 1 heterocycles. The third-order valence-corrected chi connectivity index (χ3v) is 3.26. The molecule has 0 bridgehead atoms. The van der Waals surface area contributed by atoms with E-state index in [1.54, 1.807) is 0 Å². The Kier molecular flexibility index (Phi) is 4.44. The highest BCUT2D eigenvalue weighted by atomic mass is 16.5. The predicted molar refractivity (Wildman–Crippen MR) is 72.5 cm³/mol. The van der Waals surface area contributed by atoms with Gasteiger partial charge in [0.05, 0.1) is 12.7 Å². The van der Waals surface area contributed by atoms with E-state index in [1.807, 2.05) is 25.1 Å². The van der Waals surface area contributed by atoms with Crippen molar-refractivity contribution in [1.82, 2.24) is 4.90 Å². The summed E-state index contributed by atoms with van der Waals surface area (Å²) in [5, 5.41) is 9.69. The van der Waals surface area contributed by atoms with Crippen LogP contribution in [0.15, 0.2) is 18.2 Å². The Morgan fingerprint density at radius 2 is 2.33 bits per heavy atom. The zero-order valence-corrected chi connectivity index (χ0v) is 10.9. The third-order valence-electron chi connectivity index (χ3n) is 3.26. The Balaban J connectivity index is 2.08. The summed E-state index contributed by atoms with van der Waals surface area (Å²) in [5.41, 5.74) is 7.69. The number of hydrogen-bond acceptors (Lipinski definition) is 4. The van der Waals surface area contributed by atoms with Gasteiger partial charge in [-0.1, -0.05) is 0 Å². The highest BCUT2D eigenvalue weighted by Crippen LogP contribution is 2.24. The number of β-amino-alcohol motifs (C(OH)–C–C–N with tert-alkyl or cyclic N) is 1. The minimum Gasteiger partial charge on any atom is -0.494 e. The largest absolute Gasteiger partial charge is 0.494 e. The van der Waals surface area contributed by atoms with Gasteiger partial charge >= 0.3 is 0 Å². The van der Waals surface area contributed by atoms with E-state index < -0.39 is 0 Å². The van der Waals surface area contributed by atoms with Crippen molar-refractivity contribution in [1.29, 1.82) is 0 Å². The van der Waals surface area contributed by atoms with Crippen molar-refractivity contribution in [2.75, 3.05) is 25.4 Å². The molecule has 1 fully saturated rings. The number of ether oxygens (including phenoxy) is 1. The summed E-state index contributed by atoms with van der Waals surface area (Å²) in [6, 6.07) is 5.75. The molecule has 0 radical (unpaired) electrons. The molecule has 0 aromatic heterocycles. The Morgan fingerprint density at radius 1 is 1.50 bits per heavy atom. The van der Waals surface area contributed by atoms with Crippen molar-refractivity contribution in [3.05, 3.63) is 23.8 Å². The van der Waals surface area contributed by atoms with Crippen LogP contribution in [0.2, 0.25) is 0 Å². The van der Waals surface area contributed by atoms with Crippen molar-refractivity contribution in [2.24, 2.45) is 0 Å². The minimum absolute atomic E-state index is 0.199. The molecular formula is C14H22N2O2. The lowest BCUT2D eigenvalue weighted by molar-refractivity contribution is 0.0663. The van der Waals surface area contributed by atoms with Crippen LogP contribution in [-0.2, 0) is 6.54 Å². The average Bonchev–Trinajstić information content (AvgIpc) is 2.33. The molecule has 1 aliphatic heterocycles. The lowest BCUT2D eigenvalue weighted by Crippen LogP contribution is -2.37. The number of benzene rings is 1. The number of nitrogens with zero attached hydrogens (tertiary/aromatic N) is 1. The topological polar surface area (TPSA) is 58.7 Å². The molecule has 1 saturated heterocycles. The molecule has 3 N–H and O–H groups in total. The first-order valence-corrected chi connectivity index (χ1v) is 6.60. The highest BCUT2D eigenvalue weighted by Gasteiger charge is 2.18. The summed E-state index contributed by atoms with van der Waals surface area (Å²) >= 11 is 0. The molecule has 18 heavy (non-hydrogen) atoms. The maximum Gasteiger partial charge on any atom is 0.123 e. The predicted octanol–water partition coefficient (Wildman–Crippen LogP) is 1.62. The molecule has 0 amide bonds. The second-order valence-corrected chi connectivity index (χ2v) is 4.83. The molecule has 0 spiro atoms. The summed E-state index contributed by atoms with van der Waals surface area (Å²) in [7, 11) is 0. The van der Waals surface area contributed by atoms with E-state index in [0.29, 0.717) is 6.61 Å². The van der Waals surface area contributed by atoms with Gasteiger partial charge in [-0.05, 0) is 44.5 Å². The van der Waals surface area contributed by atoms with Crippen molar-refractivity contribution in [3.8, 4) is 5.75 Å². The fourth-order valence-electron chi connectivity index (χ4n) is 2.43. The first-order valence-electron chi connectivity index (χ1n) is 6.60. The number of aliphatic hydroxyl groups excluding tert-OH is 1. The van der Waals surface area contributed by atoms with Gasteiger partial charge in [-0.3, -0.25) is 4.90 Å². The van der Waals surface area contributed by atoms with Gasteiger partial charge in [0.15, 0.2) is 0 Å². The Hall–Kier alpha value is -1.26. The zero-order valence-electron chi connectivity index (χ0n) is 10.9. The first-order chi connectivity index (χ1) is 8.69. The lowest BCUT2D eigenvalue weighted by atomic mass is 10.1. The summed E-state index contributed by atoms with van der Waals surface area (Å²) in [6.45, 7) is 5.18. The van der Waals surface area contributed by atoms with Gasteiger partial charge in [0.1, 0.15) is 5.75 Å². The van der Waals surface area contributed by atoms with Gasteiger partial charge in [-0.25, -0.2) is 0 Å². The van der Waals surface area contributed by atoms with Crippen LogP contribution in [0.1, 0.15) is 25.3 Å². The molecule has 1 aliphatic rings. The summed E-state index contributed by atoms with van der Waals surface area (Å²) < 4.78 is 5.62. The van der Waals surface area contributed by atoms with Gasteiger partial charge in [-0.15, -0.1) is 0 Å². The number of likely N-dealkylation sites (tertiary alicyclic amines) is 1. The second-order valence-electron chi connectivity index (χ2n) is 4.83. The maximum atomic E-state index is 9.69. The first kappa shape index (κ1) is 13.2. The maximum absolute atomic E-state index is 9.69. The normalized spacial score (nSPS) is 20.9. The molecular weight excluding hydrogens is 228 g/mol. The van der Waals surface area contributed by atoms with E-state index in [0.717, 1.165) is 49.5 Å². The molecule has 100 valence electrons. The molecule has 2 rings (SSSR count). The third kappa shape index (κ3) is 3.37. The van der Waals surface area contributed by atoms with Crippen LogP contribution in [0.3, 0.4) is 0 Å². The summed E-state index contributed by atoms with van der Waals surface area (Å²) in [5.74, 6) is 0.895. The monoisotopic (exact) mass is 250 g/mol. The quantitative estimate of drug-likeness (QED) is 0.797. The van der Waals surface area contributed by atoms with Crippen LogP contribution in [-0.4, -0.2) is 35.8 Å². The molecule has 1 aromatic rings. The molecule has 0 aliphatic carbocycles. The summed E-state index contributed by atoms with van der Waals surface area (Å²) in [4.78, 5) is 2.26. The molecule has 1 unspecified atom stereocenters. The van der Waals surface area contributed by atoms with E-state index in [9.17, 15) is 5.11 Å². The number of rotatable bonds is 4. The van der Waals surface area contributed by atoms with Crippen molar-refractivity contribution >= 4 is 5.69 Å². The Bertz CT molecular complexity index is 395. The van der Waals surface area contributed by atoms with Crippen LogP contribution >= 0.6 is 0 Å². The zero-order chi connectivity index (χ0) is 13.0. The van der Waals surface area contributed by atoms with Crippen LogP contribution in [0, 0.1) is 0 Å². The van der Waals surface area contributed by atoms with Gasteiger partial charge in [-0.2, -0.15) is 0 Å². The highest BCUT2D eigenvalue weighted by molar-refractivity contribution is 5.47. The Labute approximate surface area is 108 Å². The van der Waals surface area contributed by atoms with Gasteiger partial charge in [0.25, 0.3) is 0 Å². The van der Waals surface area contributed by atoms with Crippen LogP contribution < -0.4 is 10.5 Å². The second kappa shape index (κ2) is 6.07. The van der Waals surface area contributed by atoms with E-state index in [-0.39, 0.29) is 6.10 Å². The van der Waals surface area contributed by atoms with Gasteiger partial charge in [0, 0.05) is 24.3 Å². The fourth-order valence-corrected chi connectivity index (χ4v) is 2.43. The van der Waals surface area contributed by atoms with E-state index in [2.05, 4.69) is 4.90 Å². The number of nitrogen functional groups attached to an aromatic ring is 1. The number of hydrogen-bond donors (Lipinski definition) is 2. The van der Waals surface area contributed by atoms with Crippen molar-refractivity contribution in [2.45, 2.75) is 32.4 Å². The number of piperidine rings is 1. The molecule has 1 atom stereocenters. The molecule has 0 saturated carbocycles. The van der Waals surface area contributed by atoms with Gasteiger partial charge < -0.3 is 15.6 Å². The minimum atomic E-state index is -0.199. The smallest absolute Gasteiger partial charge is 0.123 e. The average molecular weight is 250 g/mol. The van der Waals surface area contributed by atoms with Crippen LogP contribution in [0.4, 0.5) is 5.69 Å². The number of nitrogens with two attached hydrogens (primary N) is 1. The number of aliphatic hydroxyl groups is 1. The number of anilines is 1. The lowest BCUT2D eigenvalue weighted by Gasteiger charge is -2.30. The molecule has 4 heteroatoms. The van der Waals surface area contributed by atoms with E-state index in [1.165, 1.54) is 0 Å². The molecule has 4 nitrogen and oxygen atoms in total. The fraction of sp³-hybridized carbons (Fsp3) is 0.571. The van der Waals surface area contributed by atoms with Crippen LogP contribution in [0.25, 0.3) is 0 Å². The van der Waals surface area contributed by atoms with Crippen molar-refractivity contribution in [3.63, 3.8) is 0 Å². The van der Waals surface area contributed by atoms with Gasteiger partial charge in [0.2, 0.25) is 0 Å². The van der Waals surface area contributed by atoms with Crippen molar-refractivity contribution < 1.29 is 9.84 Å². The van der Waals surface area contributed by atoms with E-state index >= 15 is 0 Å². The SMILES string of the molecule is CCOc1ccc(N)cc1CN1CCCC(O)C1. The Morgan fingerprint density at radius 3 is 3.06 bits per heavy atom. The van der Waals surface area contributed by atoms with Crippen LogP contribution in [0.5, 0.6) is 5.75 Å².